The van der Waals surface area contributed by atoms with Crippen LogP contribution in [-0.4, -0.2) is 9.55 Å². The molecule has 0 spiro atoms. The van der Waals surface area contributed by atoms with Crippen molar-refractivity contribution >= 4 is 0 Å². The minimum Gasteiger partial charge on any atom is -0.461 e. The number of imidazole rings is 1. The molecule has 0 saturated heterocycles. The van der Waals surface area contributed by atoms with Crippen LogP contribution in [0.25, 0.3) is 11.6 Å². The summed E-state index contributed by atoms with van der Waals surface area (Å²) >= 11 is 0. The molecule has 15 heavy (non-hydrogen) atoms. The normalized spacial score (nSPS) is 19.9. The zero-order chi connectivity index (χ0) is 10.1. The standard InChI is InChI=1S/C12H12N2O/c1-2-5-10(4-1)14-8-7-13-12(14)11-6-3-9-15-11/h1,3-4,6-10H,2,5H2. The molecule has 76 valence electrons. The Kier molecular flexibility index (Phi) is 1.95. The molecule has 2 aromatic heterocycles. The molecule has 1 aliphatic rings. The minimum atomic E-state index is 0.438. The van der Waals surface area contributed by atoms with Gasteiger partial charge in [-0.15, -0.1) is 0 Å². The molecule has 0 fully saturated rings. The van der Waals surface area contributed by atoms with Crippen LogP contribution in [0.1, 0.15) is 18.9 Å². The van der Waals surface area contributed by atoms with Crippen LogP contribution >= 0.6 is 0 Å². The average Bonchev–Trinajstić information content (AvgIpc) is 3.01. The lowest BCUT2D eigenvalue weighted by molar-refractivity contribution is 0.550. The number of allylic oxidation sites excluding steroid dienone is 2. The van der Waals surface area contributed by atoms with Crippen molar-refractivity contribution in [3.8, 4) is 11.6 Å². The Bertz CT molecular complexity index is 468. The molecule has 0 bridgehead atoms. The maximum absolute atomic E-state index is 5.37. The number of aromatic nitrogens is 2. The summed E-state index contributed by atoms with van der Waals surface area (Å²) < 4.78 is 7.54. The first-order valence-corrected chi connectivity index (χ1v) is 5.18. The molecule has 0 amide bonds. The third kappa shape index (κ3) is 1.40. The van der Waals surface area contributed by atoms with E-state index >= 15 is 0 Å². The quantitative estimate of drug-likeness (QED) is 0.697. The van der Waals surface area contributed by atoms with Crippen LogP contribution in [-0.2, 0) is 0 Å². The van der Waals surface area contributed by atoms with Gasteiger partial charge in [0.05, 0.1) is 12.3 Å². The van der Waals surface area contributed by atoms with Gasteiger partial charge in [-0.2, -0.15) is 0 Å². The molecule has 0 aliphatic heterocycles. The highest BCUT2D eigenvalue weighted by Gasteiger charge is 2.16. The Morgan fingerprint density at radius 3 is 3.20 bits per heavy atom. The molecule has 1 unspecified atom stereocenters. The van der Waals surface area contributed by atoms with Crippen molar-refractivity contribution in [2.75, 3.05) is 0 Å². The highest BCUT2D eigenvalue weighted by atomic mass is 16.3. The molecule has 3 heteroatoms. The molecule has 0 N–H and O–H groups in total. The topological polar surface area (TPSA) is 31.0 Å². The van der Waals surface area contributed by atoms with Gasteiger partial charge in [-0.3, -0.25) is 0 Å². The van der Waals surface area contributed by atoms with E-state index in [4.69, 9.17) is 4.42 Å². The lowest BCUT2D eigenvalue weighted by Gasteiger charge is -2.11. The van der Waals surface area contributed by atoms with Gasteiger partial charge in [0.2, 0.25) is 0 Å². The summed E-state index contributed by atoms with van der Waals surface area (Å²) in [4.78, 5) is 4.34. The Balaban J connectivity index is 2.02. The lowest BCUT2D eigenvalue weighted by atomic mass is 10.2. The van der Waals surface area contributed by atoms with Crippen molar-refractivity contribution in [3.05, 3.63) is 42.9 Å². The van der Waals surface area contributed by atoms with E-state index < -0.39 is 0 Å². The van der Waals surface area contributed by atoms with Gasteiger partial charge in [0.1, 0.15) is 0 Å². The molecule has 3 nitrogen and oxygen atoms in total. The Morgan fingerprint density at radius 1 is 1.47 bits per heavy atom. The number of rotatable bonds is 2. The van der Waals surface area contributed by atoms with Crippen molar-refractivity contribution in [1.82, 2.24) is 9.55 Å². The number of hydrogen-bond donors (Lipinski definition) is 0. The summed E-state index contributed by atoms with van der Waals surface area (Å²) in [5.74, 6) is 1.75. The van der Waals surface area contributed by atoms with E-state index in [-0.39, 0.29) is 0 Å². The van der Waals surface area contributed by atoms with Crippen LogP contribution in [0.2, 0.25) is 0 Å². The fourth-order valence-corrected chi connectivity index (χ4v) is 2.03. The Morgan fingerprint density at radius 2 is 2.47 bits per heavy atom. The predicted molar refractivity (Wildman–Crippen MR) is 57.3 cm³/mol. The summed E-state index contributed by atoms with van der Waals surface area (Å²) in [6.45, 7) is 0. The van der Waals surface area contributed by atoms with Crippen LogP contribution in [0.15, 0.2) is 47.4 Å². The van der Waals surface area contributed by atoms with Gasteiger partial charge in [0, 0.05) is 12.4 Å². The highest BCUT2D eigenvalue weighted by Crippen LogP contribution is 2.28. The van der Waals surface area contributed by atoms with Gasteiger partial charge in [0.15, 0.2) is 11.6 Å². The van der Waals surface area contributed by atoms with Gasteiger partial charge in [0.25, 0.3) is 0 Å². The molecule has 0 aromatic carbocycles. The SMILES string of the molecule is C1=CC(n2ccnc2-c2ccco2)CC1. The Hall–Kier alpha value is -1.77. The minimum absolute atomic E-state index is 0.438. The third-order valence-electron chi connectivity index (χ3n) is 2.75. The zero-order valence-electron chi connectivity index (χ0n) is 8.34. The van der Waals surface area contributed by atoms with Crippen molar-refractivity contribution in [1.29, 1.82) is 0 Å². The van der Waals surface area contributed by atoms with Crippen LogP contribution in [0, 0.1) is 0 Å². The number of nitrogens with zero attached hydrogens (tertiary/aromatic N) is 2. The van der Waals surface area contributed by atoms with E-state index in [0.717, 1.165) is 24.4 Å². The maximum atomic E-state index is 5.37. The molecular formula is C12H12N2O. The Labute approximate surface area is 88.1 Å². The molecule has 2 heterocycles. The molecular weight excluding hydrogens is 188 g/mol. The summed E-state index contributed by atoms with van der Waals surface area (Å²) in [5, 5.41) is 0. The zero-order valence-corrected chi connectivity index (χ0v) is 8.34. The predicted octanol–water partition coefficient (Wildman–Crippen LogP) is 3.03. The van der Waals surface area contributed by atoms with E-state index in [9.17, 15) is 0 Å². The van der Waals surface area contributed by atoms with Crippen LogP contribution in [0.4, 0.5) is 0 Å². The molecule has 3 rings (SSSR count). The van der Waals surface area contributed by atoms with E-state index in [1.807, 2.05) is 24.5 Å². The van der Waals surface area contributed by atoms with Gasteiger partial charge >= 0.3 is 0 Å². The molecule has 0 radical (unpaired) electrons. The third-order valence-corrected chi connectivity index (χ3v) is 2.75. The van der Waals surface area contributed by atoms with Gasteiger partial charge in [-0.05, 0) is 25.0 Å². The first kappa shape index (κ1) is 8.53. The maximum Gasteiger partial charge on any atom is 0.176 e. The van der Waals surface area contributed by atoms with E-state index in [2.05, 4.69) is 21.7 Å². The van der Waals surface area contributed by atoms with Crippen molar-refractivity contribution in [3.63, 3.8) is 0 Å². The molecule has 1 atom stereocenters. The van der Waals surface area contributed by atoms with Gasteiger partial charge < -0.3 is 8.98 Å². The fourth-order valence-electron chi connectivity index (χ4n) is 2.03. The monoisotopic (exact) mass is 200 g/mol. The van der Waals surface area contributed by atoms with E-state index in [0.29, 0.717) is 6.04 Å². The molecule has 2 aromatic rings. The first-order valence-electron chi connectivity index (χ1n) is 5.18. The van der Waals surface area contributed by atoms with Crippen LogP contribution in [0.3, 0.4) is 0 Å². The van der Waals surface area contributed by atoms with Gasteiger partial charge in [-0.1, -0.05) is 12.2 Å². The van der Waals surface area contributed by atoms with Gasteiger partial charge in [-0.25, -0.2) is 4.98 Å². The summed E-state index contributed by atoms with van der Waals surface area (Å²) in [5.41, 5.74) is 0. The second-order valence-corrected chi connectivity index (χ2v) is 3.71. The summed E-state index contributed by atoms with van der Waals surface area (Å²) in [7, 11) is 0. The highest BCUT2D eigenvalue weighted by molar-refractivity contribution is 5.47. The van der Waals surface area contributed by atoms with Crippen LogP contribution < -0.4 is 0 Å². The van der Waals surface area contributed by atoms with E-state index in [1.54, 1.807) is 6.26 Å². The fraction of sp³-hybridized carbons (Fsp3) is 0.250. The second kappa shape index (κ2) is 3.42. The first-order chi connectivity index (χ1) is 7.45. The smallest absolute Gasteiger partial charge is 0.176 e. The van der Waals surface area contributed by atoms with E-state index in [1.165, 1.54) is 0 Å². The molecule has 1 aliphatic carbocycles. The van der Waals surface area contributed by atoms with Crippen molar-refractivity contribution in [2.24, 2.45) is 0 Å². The van der Waals surface area contributed by atoms with Crippen LogP contribution in [0.5, 0.6) is 0 Å². The van der Waals surface area contributed by atoms with Crippen molar-refractivity contribution in [2.45, 2.75) is 18.9 Å². The summed E-state index contributed by atoms with van der Waals surface area (Å²) in [6, 6.07) is 4.27. The summed E-state index contributed by atoms with van der Waals surface area (Å²) in [6.07, 6.45) is 12.3. The largest absolute Gasteiger partial charge is 0.461 e. The average molecular weight is 200 g/mol. The van der Waals surface area contributed by atoms with Crippen molar-refractivity contribution < 1.29 is 4.42 Å². The number of hydrogen-bond acceptors (Lipinski definition) is 2. The number of furan rings is 1. The second-order valence-electron chi connectivity index (χ2n) is 3.71. The molecule has 0 saturated carbocycles. The lowest BCUT2D eigenvalue weighted by Crippen LogP contribution is -2.04.